The maximum atomic E-state index is 12.7. The van der Waals surface area contributed by atoms with Gasteiger partial charge in [-0.2, -0.15) is 0 Å². The lowest BCUT2D eigenvalue weighted by Gasteiger charge is -2.29. The monoisotopic (exact) mass is 268 g/mol. The molecule has 0 unspecified atom stereocenters. The standard InChI is InChI=1S/C15H16N4O/c16-18-14-12(7-3-9-17-14)15(20)19-10-4-6-11-5-1-2-8-13(11)19/h1-3,5,7-9H,4,6,10,16H2,(H,17,18). The molecule has 0 aliphatic carbocycles. The third-order valence-corrected chi connectivity index (χ3v) is 3.53. The molecule has 1 aliphatic rings. The second-order valence-electron chi connectivity index (χ2n) is 4.73. The molecule has 0 fully saturated rings. The van der Waals surface area contributed by atoms with Crippen LogP contribution in [0.2, 0.25) is 0 Å². The maximum Gasteiger partial charge on any atom is 0.262 e. The zero-order valence-electron chi connectivity index (χ0n) is 11.0. The van der Waals surface area contributed by atoms with Crippen molar-refractivity contribution < 1.29 is 4.79 Å². The molecule has 2 aromatic rings. The number of rotatable bonds is 2. The summed E-state index contributed by atoms with van der Waals surface area (Å²) in [6.45, 7) is 0.717. The number of carbonyl (C=O) groups is 1. The Hall–Kier alpha value is -2.40. The molecule has 0 saturated heterocycles. The summed E-state index contributed by atoms with van der Waals surface area (Å²) >= 11 is 0. The van der Waals surface area contributed by atoms with Gasteiger partial charge in [-0.05, 0) is 36.6 Å². The van der Waals surface area contributed by atoms with Gasteiger partial charge >= 0.3 is 0 Å². The van der Waals surface area contributed by atoms with Crippen molar-refractivity contribution in [1.82, 2.24) is 4.98 Å². The largest absolute Gasteiger partial charge is 0.308 e. The van der Waals surface area contributed by atoms with Crippen molar-refractivity contribution in [3.05, 3.63) is 53.7 Å². The van der Waals surface area contributed by atoms with Crippen LogP contribution in [0.3, 0.4) is 0 Å². The average Bonchev–Trinajstić information content (AvgIpc) is 2.53. The fourth-order valence-corrected chi connectivity index (χ4v) is 2.58. The Balaban J connectivity index is 2.00. The molecule has 0 atom stereocenters. The minimum Gasteiger partial charge on any atom is -0.308 e. The van der Waals surface area contributed by atoms with Crippen molar-refractivity contribution >= 4 is 17.4 Å². The van der Waals surface area contributed by atoms with E-state index in [1.165, 1.54) is 5.56 Å². The number of nitrogens with two attached hydrogens (primary N) is 1. The number of aryl methyl sites for hydroxylation is 1. The van der Waals surface area contributed by atoms with Crippen LogP contribution in [0.4, 0.5) is 11.5 Å². The third kappa shape index (κ3) is 2.12. The van der Waals surface area contributed by atoms with Crippen LogP contribution in [0.25, 0.3) is 0 Å². The summed E-state index contributed by atoms with van der Waals surface area (Å²) in [5.41, 5.74) is 5.16. The molecular weight excluding hydrogens is 252 g/mol. The predicted octanol–water partition coefficient (Wildman–Crippen LogP) is 1.96. The molecule has 5 nitrogen and oxygen atoms in total. The van der Waals surface area contributed by atoms with Crippen LogP contribution in [0.1, 0.15) is 22.3 Å². The van der Waals surface area contributed by atoms with Crippen molar-refractivity contribution in [3.63, 3.8) is 0 Å². The molecule has 102 valence electrons. The fraction of sp³-hybridized carbons (Fsp3) is 0.200. The number of hydrazine groups is 1. The highest BCUT2D eigenvalue weighted by Gasteiger charge is 2.25. The number of anilines is 2. The number of carbonyl (C=O) groups excluding carboxylic acids is 1. The molecule has 3 N–H and O–H groups in total. The average molecular weight is 268 g/mol. The van der Waals surface area contributed by atoms with E-state index in [1.807, 2.05) is 18.2 Å². The molecule has 1 aromatic heterocycles. The highest BCUT2D eigenvalue weighted by molar-refractivity contribution is 6.09. The first kappa shape index (κ1) is 12.6. The Morgan fingerprint density at radius 1 is 1.25 bits per heavy atom. The van der Waals surface area contributed by atoms with E-state index >= 15 is 0 Å². The summed E-state index contributed by atoms with van der Waals surface area (Å²) in [4.78, 5) is 18.6. The number of nitrogens with one attached hydrogen (secondary N) is 1. The lowest BCUT2D eigenvalue weighted by atomic mass is 10.0. The number of nitrogens with zero attached hydrogens (tertiary/aromatic N) is 2. The Morgan fingerprint density at radius 2 is 2.10 bits per heavy atom. The van der Waals surface area contributed by atoms with Crippen LogP contribution in [-0.2, 0) is 6.42 Å². The van der Waals surface area contributed by atoms with Gasteiger partial charge in [0.1, 0.15) is 0 Å². The molecule has 5 heteroatoms. The van der Waals surface area contributed by atoms with Crippen LogP contribution in [0.5, 0.6) is 0 Å². The van der Waals surface area contributed by atoms with Crippen LogP contribution in [0, 0.1) is 0 Å². The summed E-state index contributed by atoms with van der Waals surface area (Å²) in [5.74, 6) is 5.76. The zero-order valence-corrected chi connectivity index (χ0v) is 11.0. The van der Waals surface area contributed by atoms with Gasteiger partial charge in [-0.3, -0.25) is 4.79 Å². The smallest absolute Gasteiger partial charge is 0.262 e. The number of aromatic nitrogens is 1. The lowest BCUT2D eigenvalue weighted by Crippen LogP contribution is -2.36. The van der Waals surface area contributed by atoms with Gasteiger partial charge in [0.05, 0.1) is 5.56 Å². The summed E-state index contributed by atoms with van der Waals surface area (Å²) in [6.07, 6.45) is 3.58. The van der Waals surface area contributed by atoms with E-state index in [1.54, 1.807) is 23.2 Å². The highest BCUT2D eigenvalue weighted by Crippen LogP contribution is 2.28. The predicted molar refractivity (Wildman–Crippen MR) is 78.5 cm³/mol. The number of amides is 1. The number of benzene rings is 1. The number of hydrogen-bond donors (Lipinski definition) is 2. The second-order valence-corrected chi connectivity index (χ2v) is 4.73. The fourth-order valence-electron chi connectivity index (χ4n) is 2.58. The zero-order chi connectivity index (χ0) is 13.9. The van der Waals surface area contributed by atoms with Gasteiger partial charge in [0.15, 0.2) is 5.82 Å². The highest BCUT2D eigenvalue weighted by atomic mass is 16.2. The van der Waals surface area contributed by atoms with Crippen LogP contribution in [0.15, 0.2) is 42.6 Å². The minimum atomic E-state index is -0.0711. The van der Waals surface area contributed by atoms with E-state index in [-0.39, 0.29) is 5.91 Å². The molecule has 0 radical (unpaired) electrons. The van der Waals surface area contributed by atoms with Gasteiger partial charge in [-0.15, -0.1) is 0 Å². The van der Waals surface area contributed by atoms with E-state index in [9.17, 15) is 4.79 Å². The molecule has 1 amide bonds. The lowest BCUT2D eigenvalue weighted by molar-refractivity contribution is 0.0985. The molecule has 0 bridgehead atoms. The first-order valence-corrected chi connectivity index (χ1v) is 6.62. The second kappa shape index (κ2) is 5.30. The van der Waals surface area contributed by atoms with Gasteiger partial charge in [0.25, 0.3) is 5.91 Å². The molecule has 3 rings (SSSR count). The SMILES string of the molecule is NNc1ncccc1C(=O)N1CCCc2ccccc21. The normalized spacial score (nSPS) is 13.8. The van der Waals surface area contributed by atoms with Crippen LogP contribution in [-0.4, -0.2) is 17.4 Å². The summed E-state index contributed by atoms with van der Waals surface area (Å²) in [7, 11) is 0. The molecule has 1 aliphatic heterocycles. The first-order chi connectivity index (χ1) is 9.81. The van der Waals surface area contributed by atoms with Gasteiger partial charge in [0.2, 0.25) is 0 Å². The molecule has 0 saturated carbocycles. The van der Waals surface area contributed by atoms with Gasteiger partial charge in [-0.1, -0.05) is 18.2 Å². The Kier molecular flexibility index (Phi) is 3.35. The van der Waals surface area contributed by atoms with Crippen molar-refractivity contribution in [2.45, 2.75) is 12.8 Å². The molecule has 1 aromatic carbocycles. The van der Waals surface area contributed by atoms with E-state index < -0.39 is 0 Å². The topological polar surface area (TPSA) is 71.2 Å². The maximum absolute atomic E-state index is 12.7. The van der Waals surface area contributed by atoms with Crippen LogP contribution >= 0.6 is 0 Å². The van der Waals surface area contributed by atoms with E-state index in [0.717, 1.165) is 25.1 Å². The number of para-hydroxylation sites is 1. The Morgan fingerprint density at radius 3 is 2.95 bits per heavy atom. The van der Waals surface area contributed by atoms with E-state index in [2.05, 4.69) is 16.5 Å². The summed E-state index contributed by atoms with van der Waals surface area (Å²) < 4.78 is 0. The van der Waals surface area contributed by atoms with E-state index in [0.29, 0.717) is 11.4 Å². The van der Waals surface area contributed by atoms with Crippen molar-refractivity contribution in [3.8, 4) is 0 Å². The van der Waals surface area contributed by atoms with Crippen molar-refractivity contribution in [2.24, 2.45) is 5.84 Å². The van der Waals surface area contributed by atoms with Gasteiger partial charge in [-0.25, -0.2) is 10.8 Å². The van der Waals surface area contributed by atoms with Gasteiger partial charge < -0.3 is 10.3 Å². The Labute approximate surface area is 117 Å². The Bertz CT molecular complexity index is 641. The molecule has 0 spiro atoms. The minimum absolute atomic E-state index is 0.0711. The number of hydrogen-bond acceptors (Lipinski definition) is 4. The molecular formula is C15H16N4O. The summed E-state index contributed by atoms with van der Waals surface area (Å²) in [6, 6.07) is 11.5. The van der Waals surface area contributed by atoms with Crippen molar-refractivity contribution in [1.29, 1.82) is 0 Å². The quantitative estimate of drug-likeness (QED) is 0.645. The number of fused-ring (bicyclic) bond motifs is 1. The van der Waals surface area contributed by atoms with Gasteiger partial charge in [0, 0.05) is 18.4 Å². The number of nitrogen functional groups attached to an aromatic ring is 1. The van der Waals surface area contributed by atoms with Crippen molar-refractivity contribution in [2.75, 3.05) is 16.9 Å². The molecule has 2 heterocycles. The van der Waals surface area contributed by atoms with E-state index in [4.69, 9.17) is 5.84 Å². The third-order valence-electron chi connectivity index (χ3n) is 3.53. The van der Waals surface area contributed by atoms with Crippen LogP contribution < -0.4 is 16.2 Å². The summed E-state index contributed by atoms with van der Waals surface area (Å²) in [5, 5.41) is 0. The first-order valence-electron chi connectivity index (χ1n) is 6.62. The number of pyridine rings is 1. The molecule has 20 heavy (non-hydrogen) atoms.